The van der Waals surface area contributed by atoms with Crippen LogP contribution < -0.4 is 4.74 Å². The van der Waals surface area contributed by atoms with Crippen molar-refractivity contribution in [3.8, 4) is 5.75 Å². The van der Waals surface area contributed by atoms with Gasteiger partial charge in [-0.05, 0) is 29.0 Å². The highest BCUT2D eigenvalue weighted by Crippen LogP contribution is 2.36. The summed E-state index contributed by atoms with van der Waals surface area (Å²) in [4.78, 5) is 4.57. The van der Waals surface area contributed by atoms with E-state index in [9.17, 15) is 0 Å². The SMILES string of the molecule is C1=C(c2nc3ccccc3o2)Cc2c(ccc3ccccc23)O1. The molecule has 4 aromatic rings. The Balaban J connectivity index is 1.63. The lowest BCUT2D eigenvalue weighted by Crippen LogP contribution is -2.03. The van der Waals surface area contributed by atoms with Crippen LogP contribution in [0.3, 0.4) is 0 Å². The largest absolute Gasteiger partial charge is 0.464 e. The van der Waals surface area contributed by atoms with Crippen molar-refractivity contribution >= 4 is 27.4 Å². The summed E-state index contributed by atoms with van der Waals surface area (Å²) < 4.78 is 11.7. The topological polar surface area (TPSA) is 35.3 Å². The minimum Gasteiger partial charge on any atom is -0.464 e. The second-order valence-corrected chi connectivity index (χ2v) is 5.69. The zero-order valence-corrected chi connectivity index (χ0v) is 12.3. The van der Waals surface area contributed by atoms with Crippen LogP contribution in [-0.2, 0) is 6.42 Å². The Kier molecular flexibility index (Phi) is 2.56. The highest BCUT2D eigenvalue weighted by molar-refractivity contribution is 5.90. The monoisotopic (exact) mass is 299 g/mol. The van der Waals surface area contributed by atoms with E-state index in [2.05, 4.69) is 35.3 Å². The fraction of sp³-hybridized carbons (Fsp3) is 0.0500. The molecule has 0 N–H and O–H groups in total. The van der Waals surface area contributed by atoms with E-state index < -0.39 is 0 Å². The number of ether oxygens (including phenoxy) is 1. The lowest BCUT2D eigenvalue weighted by Gasteiger charge is -2.17. The van der Waals surface area contributed by atoms with Gasteiger partial charge >= 0.3 is 0 Å². The maximum atomic E-state index is 5.88. The molecule has 0 radical (unpaired) electrons. The van der Waals surface area contributed by atoms with Crippen LogP contribution in [-0.4, -0.2) is 4.98 Å². The Morgan fingerprint density at radius 3 is 2.70 bits per heavy atom. The van der Waals surface area contributed by atoms with Gasteiger partial charge in [0, 0.05) is 12.0 Å². The van der Waals surface area contributed by atoms with Crippen molar-refractivity contribution in [3.05, 3.63) is 78.4 Å². The molecule has 3 nitrogen and oxygen atoms in total. The molecule has 3 aromatic carbocycles. The highest BCUT2D eigenvalue weighted by atomic mass is 16.5. The van der Waals surface area contributed by atoms with Gasteiger partial charge in [0.15, 0.2) is 5.58 Å². The van der Waals surface area contributed by atoms with E-state index in [1.165, 1.54) is 16.3 Å². The summed E-state index contributed by atoms with van der Waals surface area (Å²) in [5.74, 6) is 1.54. The molecule has 1 aromatic heterocycles. The van der Waals surface area contributed by atoms with E-state index in [0.29, 0.717) is 5.89 Å². The fourth-order valence-corrected chi connectivity index (χ4v) is 3.11. The number of para-hydroxylation sites is 2. The summed E-state index contributed by atoms with van der Waals surface area (Å²) >= 11 is 0. The maximum Gasteiger partial charge on any atom is 0.226 e. The molecule has 0 amide bonds. The first-order chi connectivity index (χ1) is 11.4. The van der Waals surface area contributed by atoms with Crippen molar-refractivity contribution < 1.29 is 9.15 Å². The minimum absolute atomic E-state index is 0.629. The van der Waals surface area contributed by atoms with Crippen LogP contribution in [0.4, 0.5) is 0 Å². The third kappa shape index (κ3) is 1.94. The van der Waals surface area contributed by atoms with Crippen LogP contribution in [0.15, 0.2) is 71.3 Å². The molecule has 0 spiro atoms. The van der Waals surface area contributed by atoms with Crippen LogP contribution in [0.25, 0.3) is 27.4 Å². The second kappa shape index (κ2) is 4.71. The molecule has 3 heteroatoms. The van der Waals surface area contributed by atoms with Gasteiger partial charge in [-0.1, -0.05) is 42.5 Å². The molecular formula is C20H13NO2. The Morgan fingerprint density at radius 2 is 1.74 bits per heavy atom. The first kappa shape index (κ1) is 12.5. The lowest BCUT2D eigenvalue weighted by molar-refractivity contribution is 0.465. The van der Waals surface area contributed by atoms with Crippen molar-refractivity contribution in [2.24, 2.45) is 0 Å². The van der Waals surface area contributed by atoms with Crippen LogP contribution >= 0.6 is 0 Å². The highest BCUT2D eigenvalue weighted by Gasteiger charge is 2.20. The van der Waals surface area contributed by atoms with Gasteiger partial charge in [-0.2, -0.15) is 0 Å². The molecular weight excluding hydrogens is 286 g/mol. The molecule has 1 aliphatic rings. The van der Waals surface area contributed by atoms with Crippen molar-refractivity contribution in [1.82, 2.24) is 4.98 Å². The van der Waals surface area contributed by atoms with Gasteiger partial charge in [0.2, 0.25) is 5.89 Å². The van der Waals surface area contributed by atoms with E-state index in [4.69, 9.17) is 9.15 Å². The van der Waals surface area contributed by atoms with Gasteiger partial charge in [-0.25, -0.2) is 4.98 Å². The van der Waals surface area contributed by atoms with Crippen molar-refractivity contribution in [2.75, 3.05) is 0 Å². The zero-order chi connectivity index (χ0) is 15.2. The molecule has 110 valence electrons. The normalized spacial score (nSPS) is 13.7. The minimum atomic E-state index is 0.629. The number of benzene rings is 3. The number of hydrogen-bond donors (Lipinski definition) is 0. The van der Waals surface area contributed by atoms with Crippen molar-refractivity contribution in [2.45, 2.75) is 6.42 Å². The van der Waals surface area contributed by atoms with Gasteiger partial charge in [-0.3, -0.25) is 0 Å². The Hall–Kier alpha value is -3.07. The Morgan fingerprint density at radius 1 is 0.870 bits per heavy atom. The number of oxazole rings is 1. The van der Waals surface area contributed by atoms with Crippen LogP contribution in [0.2, 0.25) is 0 Å². The van der Waals surface area contributed by atoms with Crippen LogP contribution in [0.5, 0.6) is 5.75 Å². The van der Waals surface area contributed by atoms with Gasteiger partial charge in [0.05, 0.1) is 11.8 Å². The summed E-state index contributed by atoms with van der Waals surface area (Å²) in [6.07, 6.45) is 2.51. The molecule has 5 rings (SSSR count). The van der Waals surface area contributed by atoms with E-state index in [-0.39, 0.29) is 0 Å². The molecule has 0 atom stereocenters. The van der Waals surface area contributed by atoms with E-state index in [1.807, 2.05) is 30.3 Å². The van der Waals surface area contributed by atoms with Gasteiger partial charge in [-0.15, -0.1) is 0 Å². The molecule has 0 bridgehead atoms. The van der Waals surface area contributed by atoms with Gasteiger partial charge in [0.1, 0.15) is 11.3 Å². The number of fused-ring (bicyclic) bond motifs is 4. The molecule has 0 aliphatic carbocycles. The standard InChI is InChI=1S/C20H13NO2/c1-2-6-15-13(5-1)9-10-18-16(15)11-14(12-22-18)20-21-17-7-3-4-8-19(17)23-20/h1-10,12H,11H2. The van der Waals surface area contributed by atoms with Gasteiger partial charge in [0.25, 0.3) is 0 Å². The zero-order valence-electron chi connectivity index (χ0n) is 12.3. The molecule has 2 heterocycles. The van der Waals surface area contributed by atoms with Crippen molar-refractivity contribution in [1.29, 1.82) is 0 Å². The predicted octanol–water partition coefficient (Wildman–Crippen LogP) is 4.96. The third-order valence-corrected chi connectivity index (χ3v) is 4.26. The summed E-state index contributed by atoms with van der Waals surface area (Å²) in [5, 5.41) is 2.43. The lowest BCUT2D eigenvalue weighted by atomic mass is 9.96. The number of allylic oxidation sites excluding steroid dienone is 1. The molecule has 1 aliphatic heterocycles. The maximum absolute atomic E-state index is 5.88. The number of aromatic nitrogens is 1. The van der Waals surface area contributed by atoms with Crippen molar-refractivity contribution in [3.63, 3.8) is 0 Å². The first-order valence-electron chi connectivity index (χ1n) is 7.61. The average molecular weight is 299 g/mol. The number of nitrogens with zero attached hydrogens (tertiary/aromatic N) is 1. The second-order valence-electron chi connectivity index (χ2n) is 5.69. The summed E-state index contributed by atoms with van der Waals surface area (Å²) in [6.45, 7) is 0. The number of hydrogen-bond acceptors (Lipinski definition) is 3. The third-order valence-electron chi connectivity index (χ3n) is 4.26. The quantitative estimate of drug-likeness (QED) is 0.498. The van der Waals surface area contributed by atoms with Crippen LogP contribution in [0.1, 0.15) is 11.5 Å². The molecule has 0 saturated carbocycles. The predicted molar refractivity (Wildman–Crippen MR) is 90.3 cm³/mol. The smallest absolute Gasteiger partial charge is 0.226 e. The van der Waals surface area contributed by atoms with E-state index >= 15 is 0 Å². The molecule has 23 heavy (non-hydrogen) atoms. The number of rotatable bonds is 1. The summed E-state index contributed by atoms with van der Waals surface area (Å²) in [6, 6.07) is 20.3. The average Bonchev–Trinajstić information content (AvgIpc) is 3.05. The van der Waals surface area contributed by atoms with Gasteiger partial charge < -0.3 is 9.15 Å². The summed E-state index contributed by atoms with van der Waals surface area (Å²) in [5.41, 5.74) is 3.81. The van der Waals surface area contributed by atoms with E-state index in [1.54, 1.807) is 6.26 Å². The molecule has 0 fully saturated rings. The van der Waals surface area contributed by atoms with E-state index in [0.717, 1.165) is 28.8 Å². The first-order valence-corrected chi connectivity index (χ1v) is 7.61. The molecule has 0 unspecified atom stereocenters. The van der Waals surface area contributed by atoms with Crippen LogP contribution in [0, 0.1) is 0 Å². The molecule has 0 saturated heterocycles. The fourth-order valence-electron chi connectivity index (χ4n) is 3.11. The Bertz CT molecular complexity index is 1040. The Labute approximate surface area is 132 Å². The summed E-state index contributed by atoms with van der Waals surface area (Å²) in [7, 11) is 0.